The largest absolute Gasteiger partial charge is 0.383 e. The summed E-state index contributed by atoms with van der Waals surface area (Å²) in [5, 5.41) is 10.4. The van der Waals surface area contributed by atoms with E-state index in [9.17, 15) is 5.11 Å². The van der Waals surface area contributed by atoms with Crippen LogP contribution in [-0.2, 0) is 0 Å². The third kappa shape index (κ3) is 2.34. The predicted molar refractivity (Wildman–Crippen MR) is 62.5 cm³/mol. The van der Waals surface area contributed by atoms with Crippen molar-refractivity contribution in [2.24, 2.45) is 0 Å². The highest BCUT2D eigenvalue weighted by molar-refractivity contribution is 9.10. The van der Waals surface area contributed by atoms with E-state index in [1.165, 1.54) is 11.3 Å². The van der Waals surface area contributed by atoms with Crippen molar-refractivity contribution >= 4 is 32.4 Å². The van der Waals surface area contributed by atoms with Crippen molar-refractivity contribution in [1.29, 1.82) is 0 Å². The smallest absolute Gasteiger partial charge is 0.180 e. The van der Waals surface area contributed by atoms with Crippen molar-refractivity contribution in [2.75, 3.05) is 5.73 Å². The summed E-state index contributed by atoms with van der Waals surface area (Å²) in [7, 11) is 0. The fraction of sp³-hybridized carbons (Fsp3) is 0.111. The Morgan fingerprint density at radius 1 is 1.40 bits per heavy atom. The third-order valence-electron chi connectivity index (χ3n) is 1.85. The molecule has 15 heavy (non-hydrogen) atoms. The van der Waals surface area contributed by atoms with E-state index in [-0.39, 0.29) is 0 Å². The van der Waals surface area contributed by atoms with E-state index in [1.54, 1.807) is 18.6 Å². The molecule has 0 aromatic carbocycles. The number of hydrogen-bond acceptors (Lipinski definition) is 5. The maximum absolute atomic E-state index is 9.98. The van der Waals surface area contributed by atoms with Crippen molar-refractivity contribution in [3.05, 3.63) is 39.6 Å². The molecule has 2 aromatic rings. The molecule has 0 spiro atoms. The highest BCUT2D eigenvalue weighted by Gasteiger charge is 2.13. The maximum Gasteiger partial charge on any atom is 0.180 e. The summed E-state index contributed by atoms with van der Waals surface area (Å²) in [5.74, 6) is 0. The van der Waals surface area contributed by atoms with Gasteiger partial charge in [0.25, 0.3) is 0 Å². The fourth-order valence-corrected chi connectivity index (χ4v) is 2.25. The lowest BCUT2D eigenvalue weighted by atomic mass is 10.1. The van der Waals surface area contributed by atoms with E-state index in [0.29, 0.717) is 15.6 Å². The summed E-state index contributed by atoms with van der Waals surface area (Å²) >= 11 is 4.57. The van der Waals surface area contributed by atoms with Crippen LogP contribution in [0.5, 0.6) is 0 Å². The van der Waals surface area contributed by atoms with Crippen LogP contribution in [0.25, 0.3) is 0 Å². The fourth-order valence-electron chi connectivity index (χ4n) is 1.17. The zero-order chi connectivity index (χ0) is 10.8. The Kier molecular flexibility index (Phi) is 2.99. The first kappa shape index (κ1) is 10.5. The van der Waals surface area contributed by atoms with Crippen molar-refractivity contribution in [2.45, 2.75) is 6.10 Å². The molecule has 0 saturated carbocycles. The third-order valence-corrected chi connectivity index (χ3v) is 3.17. The molecular formula is C9H8BrN3OS. The van der Waals surface area contributed by atoms with Crippen LogP contribution in [0.2, 0.25) is 0 Å². The lowest BCUT2D eigenvalue weighted by molar-refractivity contribution is 0.223. The van der Waals surface area contributed by atoms with Crippen LogP contribution >= 0.6 is 27.3 Å². The van der Waals surface area contributed by atoms with Gasteiger partial charge in [0.2, 0.25) is 0 Å². The highest BCUT2D eigenvalue weighted by atomic mass is 79.9. The summed E-state index contributed by atoms with van der Waals surface area (Å²) in [6.07, 6.45) is 4.14. The first-order valence-corrected chi connectivity index (χ1v) is 5.77. The molecule has 0 saturated heterocycles. The van der Waals surface area contributed by atoms with Gasteiger partial charge in [0.05, 0.1) is 4.88 Å². The lowest BCUT2D eigenvalue weighted by Crippen LogP contribution is -1.97. The second-order valence-corrected chi connectivity index (χ2v) is 4.95. The molecule has 1 atom stereocenters. The van der Waals surface area contributed by atoms with Crippen LogP contribution < -0.4 is 5.73 Å². The molecule has 2 rings (SSSR count). The minimum atomic E-state index is -0.718. The molecule has 0 aliphatic heterocycles. The van der Waals surface area contributed by atoms with E-state index >= 15 is 0 Å². The Balaban J connectivity index is 2.32. The molecule has 0 bridgehead atoms. The van der Waals surface area contributed by atoms with Gasteiger partial charge in [-0.15, -0.1) is 0 Å². The Labute approximate surface area is 98.9 Å². The normalized spacial score (nSPS) is 12.7. The molecule has 0 radical (unpaired) electrons. The van der Waals surface area contributed by atoms with Crippen molar-refractivity contribution < 1.29 is 5.11 Å². The Morgan fingerprint density at radius 3 is 2.80 bits per heavy atom. The number of halogens is 1. The first-order chi connectivity index (χ1) is 7.16. The van der Waals surface area contributed by atoms with Crippen LogP contribution in [0.4, 0.5) is 5.13 Å². The van der Waals surface area contributed by atoms with E-state index in [2.05, 4.69) is 25.9 Å². The van der Waals surface area contributed by atoms with E-state index in [0.717, 1.165) is 4.47 Å². The molecule has 0 aliphatic rings. The van der Waals surface area contributed by atoms with Gasteiger partial charge in [-0.1, -0.05) is 11.3 Å². The monoisotopic (exact) mass is 285 g/mol. The van der Waals surface area contributed by atoms with Crippen molar-refractivity contribution in [3.63, 3.8) is 0 Å². The number of nitrogens with zero attached hydrogens (tertiary/aromatic N) is 2. The molecule has 1 unspecified atom stereocenters. The topological polar surface area (TPSA) is 72.0 Å². The molecule has 3 N–H and O–H groups in total. The molecule has 4 nitrogen and oxygen atoms in total. The average Bonchev–Trinajstić information content (AvgIpc) is 2.64. The van der Waals surface area contributed by atoms with Gasteiger partial charge < -0.3 is 10.8 Å². The summed E-state index contributed by atoms with van der Waals surface area (Å²) in [4.78, 5) is 8.59. The van der Waals surface area contributed by atoms with Gasteiger partial charge in [-0.05, 0) is 22.0 Å². The van der Waals surface area contributed by atoms with Gasteiger partial charge in [-0.25, -0.2) is 4.98 Å². The minimum absolute atomic E-state index is 0.451. The summed E-state index contributed by atoms with van der Waals surface area (Å²) in [6.45, 7) is 0. The SMILES string of the molecule is Nc1ncc(C(O)c2cncc(Br)c2)s1. The standard InChI is InChI=1S/C9H8BrN3OS/c10-6-1-5(2-12-3-6)8(14)7-4-13-9(11)15-7/h1-4,8,14H,(H2,11,13). The summed E-state index contributed by atoms with van der Waals surface area (Å²) < 4.78 is 0.830. The zero-order valence-corrected chi connectivity index (χ0v) is 9.99. The first-order valence-electron chi connectivity index (χ1n) is 4.16. The molecule has 6 heteroatoms. The van der Waals surface area contributed by atoms with Gasteiger partial charge >= 0.3 is 0 Å². The number of aliphatic hydroxyl groups is 1. The Bertz CT molecular complexity index is 474. The Hall–Kier alpha value is -0.980. The summed E-state index contributed by atoms with van der Waals surface area (Å²) in [6, 6.07) is 1.81. The van der Waals surface area contributed by atoms with Gasteiger partial charge in [-0.2, -0.15) is 0 Å². The quantitative estimate of drug-likeness (QED) is 0.885. The van der Waals surface area contributed by atoms with Gasteiger partial charge in [0, 0.05) is 28.6 Å². The number of hydrogen-bond donors (Lipinski definition) is 2. The van der Waals surface area contributed by atoms with Crippen molar-refractivity contribution in [1.82, 2.24) is 9.97 Å². The molecule has 0 aliphatic carbocycles. The average molecular weight is 286 g/mol. The van der Waals surface area contributed by atoms with Gasteiger partial charge in [-0.3, -0.25) is 4.98 Å². The van der Waals surface area contributed by atoms with E-state index < -0.39 is 6.10 Å². The number of aromatic nitrogens is 2. The van der Waals surface area contributed by atoms with Crippen LogP contribution in [0, 0.1) is 0 Å². The van der Waals surface area contributed by atoms with Gasteiger partial charge in [0.1, 0.15) is 6.10 Å². The maximum atomic E-state index is 9.98. The highest BCUT2D eigenvalue weighted by Crippen LogP contribution is 2.28. The number of pyridine rings is 1. The molecular weight excluding hydrogens is 278 g/mol. The van der Waals surface area contributed by atoms with Crippen LogP contribution in [0.3, 0.4) is 0 Å². The van der Waals surface area contributed by atoms with E-state index in [4.69, 9.17) is 5.73 Å². The number of thiazole rings is 1. The predicted octanol–water partition coefficient (Wildman–Crippen LogP) is 1.96. The van der Waals surface area contributed by atoms with Crippen LogP contribution in [-0.4, -0.2) is 15.1 Å². The lowest BCUT2D eigenvalue weighted by Gasteiger charge is -2.07. The zero-order valence-electron chi connectivity index (χ0n) is 7.59. The van der Waals surface area contributed by atoms with Gasteiger partial charge in [0.15, 0.2) is 5.13 Å². The van der Waals surface area contributed by atoms with E-state index in [1.807, 2.05) is 6.07 Å². The minimum Gasteiger partial charge on any atom is -0.383 e. The number of aliphatic hydroxyl groups excluding tert-OH is 1. The summed E-state index contributed by atoms with van der Waals surface area (Å²) in [5.41, 5.74) is 6.21. The van der Waals surface area contributed by atoms with Crippen LogP contribution in [0.15, 0.2) is 29.1 Å². The van der Waals surface area contributed by atoms with Crippen LogP contribution in [0.1, 0.15) is 16.5 Å². The molecule has 0 amide bonds. The second kappa shape index (κ2) is 4.26. The molecule has 2 aromatic heterocycles. The number of nitrogen functional groups attached to an aromatic ring is 1. The molecule has 2 heterocycles. The number of rotatable bonds is 2. The molecule has 78 valence electrons. The molecule has 0 fully saturated rings. The number of anilines is 1. The second-order valence-electron chi connectivity index (χ2n) is 2.94. The Morgan fingerprint density at radius 2 is 2.20 bits per heavy atom. The van der Waals surface area contributed by atoms with Crippen molar-refractivity contribution in [3.8, 4) is 0 Å². The number of nitrogens with two attached hydrogens (primary N) is 1.